The van der Waals surface area contributed by atoms with E-state index >= 15 is 0 Å². The second kappa shape index (κ2) is 9.68. The molecule has 1 heterocycles. The van der Waals surface area contributed by atoms with E-state index in [0.29, 0.717) is 29.8 Å². The quantitative estimate of drug-likeness (QED) is 0.214. The third kappa shape index (κ3) is 4.89. The fraction of sp³-hybridized carbons (Fsp3) is 0.263. The lowest BCUT2D eigenvalue weighted by atomic mass is 10.2. The molecule has 0 bridgehead atoms. The van der Waals surface area contributed by atoms with Crippen LogP contribution in [-0.4, -0.2) is 33.4 Å². The lowest BCUT2D eigenvalue weighted by Gasteiger charge is -2.11. The van der Waals surface area contributed by atoms with Gasteiger partial charge < -0.3 is 9.30 Å². The van der Waals surface area contributed by atoms with Crippen LogP contribution in [0.15, 0.2) is 53.7 Å². The molecule has 0 aliphatic heterocycles. The van der Waals surface area contributed by atoms with Crippen LogP contribution in [0.2, 0.25) is 5.02 Å². The number of hydrogen-bond donors (Lipinski definition) is 0. The van der Waals surface area contributed by atoms with Crippen molar-refractivity contribution >= 4 is 29.1 Å². The molecule has 2 aromatic carbocycles. The van der Waals surface area contributed by atoms with Gasteiger partial charge in [-0.3, -0.25) is 10.1 Å². The van der Waals surface area contributed by atoms with Crippen molar-refractivity contribution in [3.05, 3.63) is 69.2 Å². The average Bonchev–Trinajstić information content (AvgIpc) is 3.10. The number of nitrogens with zero attached hydrogens (tertiary/aromatic N) is 4. The Morgan fingerprint density at radius 3 is 2.79 bits per heavy atom. The van der Waals surface area contributed by atoms with Crippen LogP contribution in [0.25, 0.3) is 11.4 Å². The van der Waals surface area contributed by atoms with E-state index in [-0.39, 0.29) is 5.69 Å². The number of non-ortho nitro benzene ring substituents is 1. The van der Waals surface area contributed by atoms with Crippen LogP contribution in [0.5, 0.6) is 0 Å². The summed E-state index contributed by atoms with van der Waals surface area (Å²) in [6, 6.07) is 14.1. The van der Waals surface area contributed by atoms with E-state index in [1.54, 1.807) is 19.2 Å². The van der Waals surface area contributed by atoms with Crippen molar-refractivity contribution in [1.82, 2.24) is 14.8 Å². The maximum absolute atomic E-state index is 11.0. The van der Waals surface area contributed by atoms with Gasteiger partial charge in [-0.15, -0.1) is 10.2 Å². The van der Waals surface area contributed by atoms with E-state index in [2.05, 4.69) is 10.2 Å². The van der Waals surface area contributed by atoms with E-state index in [9.17, 15) is 10.1 Å². The van der Waals surface area contributed by atoms with Crippen molar-refractivity contribution in [2.45, 2.75) is 23.9 Å². The van der Waals surface area contributed by atoms with Gasteiger partial charge in [0.1, 0.15) is 0 Å². The largest absolute Gasteiger partial charge is 0.385 e. The smallest absolute Gasteiger partial charge is 0.269 e. The number of methoxy groups -OCH3 is 1. The number of benzene rings is 2. The summed E-state index contributed by atoms with van der Waals surface area (Å²) < 4.78 is 7.18. The van der Waals surface area contributed by atoms with Gasteiger partial charge in [0.25, 0.3) is 5.69 Å². The summed E-state index contributed by atoms with van der Waals surface area (Å²) in [6.07, 6.45) is 0.802. The molecule has 9 heteroatoms. The van der Waals surface area contributed by atoms with E-state index in [1.165, 1.54) is 17.8 Å². The Morgan fingerprint density at radius 1 is 1.21 bits per heavy atom. The zero-order valence-corrected chi connectivity index (χ0v) is 16.8. The number of ether oxygens (including phenoxy) is 1. The topological polar surface area (TPSA) is 83.1 Å². The van der Waals surface area contributed by atoms with Gasteiger partial charge in [-0.05, 0) is 24.1 Å². The number of hydrogen-bond acceptors (Lipinski definition) is 6. The summed E-state index contributed by atoms with van der Waals surface area (Å²) in [6.45, 7) is 1.30. The fourth-order valence-corrected chi connectivity index (χ4v) is 3.84. The predicted octanol–water partition coefficient (Wildman–Crippen LogP) is 4.84. The third-order valence-corrected chi connectivity index (χ3v) is 5.42. The lowest BCUT2D eigenvalue weighted by Crippen LogP contribution is -2.05. The molecule has 0 N–H and O–H groups in total. The van der Waals surface area contributed by atoms with E-state index < -0.39 is 4.92 Å². The number of thioether (sulfide) groups is 1. The summed E-state index contributed by atoms with van der Waals surface area (Å²) in [5.41, 5.74) is 1.75. The molecule has 3 rings (SSSR count). The summed E-state index contributed by atoms with van der Waals surface area (Å²) in [7, 11) is 1.67. The van der Waals surface area contributed by atoms with Gasteiger partial charge in [0, 0.05) is 43.7 Å². The molecule has 28 heavy (non-hydrogen) atoms. The molecule has 1 aromatic heterocycles. The first-order valence-corrected chi connectivity index (χ1v) is 9.99. The summed E-state index contributed by atoms with van der Waals surface area (Å²) in [4.78, 5) is 10.6. The molecular weight excluding hydrogens is 400 g/mol. The molecule has 0 fully saturated rings. The first-order chi connectivity index (χ1) is 13.6. The highest BCUT2D eigenvalue weighted by Crippen LogP contribution is 2.31. The SMILES string of the molecule is COCCCn1c(SCc2cccc([N+](=O)[O-])c2)nnc1-c1ccccc1Cl. The minimum Gasteiger partial charge on any atom is -0.385 e. The van der Waals surface area contributed by atoms with Crippen molar-refractivity contribution in [3.63, 3.8) is 0 Å². The molecule has 0 aliphatic carbocycles. The highest BCUT2D eigenvalue weighted by Gasteiger charge is 2.17. The number of rotatable bonds is 9. The van der Waals surface area contributed by atoms with Crippen molar-refractivity contribution in [2.75, 3.05) is 13.7 Å². The molecular formula is C19H19ClN4O3S. The summed E-state index contributed by atoms with van der Waals surface area (Å²) >= 11 is 7.83. The first kappa shape index (κ1) is 20.3. The van der Waals surface area contributed by atoms with Gasteiger partial charge in [0.2, 0.25) is 0 Å². The molecule has 0 atom stereocenters. The molecule has 7 nitrogen and oxygen atoms in total. The molecule has 0 spiro atoms. The van der Waals surface area contributed by atoms with E-state index in [1.807, 2.05) is 34.9 Å². The second-order valence-electron chi connectivity index (χ2n) is 6.00. The monoisotopic (exact) mass is 418 g/mol. The minimum absolute atomic E-state index is 0.0800. The van der Waals surface area contributed by atoms with Crippen molar-refractivity contribution in [1.29, 1.82) is 0 Å². The number of nitro benzene ring substituents is 1. The van der Waals surface area contributed by atoms with Crippen LogP contribution in [0, 0.1) is 10.1 Å². The number of nitro groups is 1. The molecule has 0 unspecified atom stereocenters. The summed E-state index contributed by atoms with van der Waals surface area (Å²) in [5.74, 6) is 1.25. The Balaban J connectivity index is 1.85. The number of aromatic nitrogens is 3. The molecule has 0 saturated heterocycles. The molecule has 146 valence electrons. The Hall–Kier alpha value is -2.42. The highest BCUT2D eigenvalue weighted by molar-refractivity contribution is 7.98. The maximum atomic E-state index is 11.0. The molecule has 0 saturated carbocycles. The Kier molecular flexibility index (Phi) is 7.02. The average molecular weight is 419 g/mol. The first-order valence-electron chi connectivity index (χ1n) is 8.63. The minimum atomic E-state index is -0.392. The summed E-state index contributed by atoms with van der Waals surface area (Å²) in [5, 5.41) is 21.0. The van der Waals surface area contributed by atoms with Gasteiger partial charge in [-0.2, -0.15) is 0 Å². The van der Waals surface area contributed by atoms with Crippen molar-refractivity contribution in [2.24, 2.45) is 0 Å². The highest BCUT2D eigenvalue weighted by atomic mass is 35.5. The lowest BCUT2D eigenvalue weighted by molar-refractivity contribution is -0.384. The third-order valence-electron chi connectivity index (χ3n) is 4.05. The Labute approximate surface area is 171 Å². The number of halogens is 1. The Morgan fingerprint density at radius 2 is 2.04 bits per heavy atom. The van der Waals surface area contributed by atoms with Gasteiger partial charge in [-0.25, -0.2) is 0 Å². The van der Waals surface area contributed by atoms with Crippen LogP contribution in [0.1, 0.15) is 12.0 Å². The molecule has 3 aromatic rings. The zero-order valence-electron chi connectivity index (χ0n) is 15.2. The maximum Gasteiger partial charge on any atom is 0.269 e. The molecule has 0 amide bonds. The van der Waals surface area contributed by atoms with Crippen LogP contribution in [0.4, 0.5) is 5.69 Å². The van der Waals surface area contributed by atoms with Crippen LogP contribution >= 0.6 is 23.4 Å². The standard InChI is InChI=1S/C19H19ClN4O3S/c1-27-11-5-10-23-18(16-8-2-3-9-17(16)20)21-22-19(23)28-13-14-6-4-7-15(12-14)24(25)26/h2-4,6-9,12H,5,10-11,13H2,1H3. The normalized spacial score (nSPS) is 10.9. The van der Waals surface area contributed by atoms with Crippen molar-refractivity contribution < 1.29 is 9.66 Å². The second-order valence-corrected chi connectivity index (χ2v) is 7.35. The van der Waals surface area contributed by atoms with Crippen molar-refractivity contribution in [3.8, 4) is 11.4 Å². The van der Waals surface area contributed by atoms with Crippen LogP contribution in [0.3, 0.4) is 0 Å². The Bertz CT molecular complexity index is 964. The predicted molar refractivity (Wildman–Crippen MR) is 110 cm³/mol. The molecule has 0 radical (unpaired) electrons. The molecule has 0 aliphatic rings. The fourth-order valence-electron chi connectivity index (χ4n) is 2.71. The van der Waals surface area contributed by atoms with E-state index in [0.717, 1.165) is 22.7 Å². The van der Waals surface area contributed by atoms with Crippen LogP contribution in [-0.2, 0) is 17.0 Å². The van der Waals surface area contributed by atoms with Gasteiger partial charge in [0.15, 0.2) is 11.0 Å². The van der Waals surface area contributed by atoms with E-state index in [4.69, 9.17) is 16.3 Å². The van der Waals surface area contributed by atoms with Crippen LogP contribution < -0.4 is 0 Å². The van der Waals surface area contributed by atoms with Gasteiger partial charge in [0.05, 0.1) is 9.95 Å². The van der Waals surface area contributed by atoms with Gasteiger partial charge >= 0.3 is 0 Å². The zero-order chi connectivity index (χ0) is 19.9. The van der Waals surface area contributed by atoms with Gasteiger partial charge in [-0.1, -0.05) is 47.6 Å².